The number of benzene rings is 1. The molecule has 1 aliphatic rings. The largest absolute Gasteiger partial charge is 0.476 e. The Kier molecular flexibility index (Phi) is 6.34. The minimum atomic E-state index is -1.09. The van der Waals surface area contributed by atoms with Gasteiger partial charge < -0.3 is 18.9 Å². The third-order valence-corrected chi connectivity index (χ3v) is 5.99. The van der Waals surface area contributed by atoms with E-state index in [0.717, 1.165) is 35.5 Å². The van der Waals surface area contributed by atoms with Crippen molar-refractivity contribution in [3.63, 3.8) is 0 Å². The molecule has 0 N–H and O–H groups in total. The second-order valence-corrected chi connectivity index (χ2v) is 13.5. The number of hydrogen-bond acceptors (Lipinski definition) is 5. The topological polar surface area (TPSA) is 54.7 Å². The fourth-order valence-electron chi connectivity index (χ4n) is 2.80. The molecule has 0 radical (unpaired) electrons. The number of fused-ring (bicyclic) bond motifs is 1. The standard InChI is InChI=1S/C19H30N2O4Si/c1-5-8-23-18-16-13-15(19-24-9-10-25-19)6-7-17(16)21(20-18)14-22-11-12-26(2,3)4/h6-7,13,19H,5,8-12,14H2,1-4H3. The molecule has 0 bridgehead atoms. The van der Waals surface area contributed by atoms with Crippen LogP contribution in [-0.2, 0) is 20.9 Å². The van der Waals surface area contributed by atoms with E-state index in [2.05, 4.69) is 37.7 Å². The third-order valence-electron chi connectivity index (χ3n) is 4.29. The van der Waals surface area contributed by atoms with Crippen molar-refractivity contribution in [2.24, 2.45) is 0 Å². The molecular weight excluding hydrogens is 348 g/mol. The van der Waals surface area contributed by atoms with Crippen LogP contribution in [0.1, 0.15) is 25.2 Å². The minimum Gasteiger partial charge on any atom is -0.476 e. The highest BCUT2D eigenvalue weighted by Crippen LogP contribution is 2.31. The van der Waals surface area contributed by atoms with Crippen LogP contribution in [0, 0.1) is 0 Å². The molecule has 0 unspecified atom stereocenters. The Labute approximate surface area is 156 Å². The van der Waals surface area contributed by atoms with Crippen molar-refractivity contribution < 1.29 is 18.9 Å². The predicted octanol–water partition coefficient (Wildman–Crippen LogP) is 4.18. The number of aromatic nitrogens is 2. The van der Waals surface area contributed by atoms with Gasteiger partial charge in [0.2, 0.25) is 5.88 Å². The summed E-state index contributed by atoms with van der Waals surface area (Å²) >= 11 is 0. The maximum Gasteiger partial charge on any atom is 0.240 e. The van der Waals surface area contributed by atoms with Gasteiger partial charge in [-0.05, 0) is 24.6 Å². The van der Waals surface area contributed by atoms with Gasteiger partial charge in [0.25, 0.3) is 0 Å². The van der Waals surface area contributed by atoms with Crippen LogP contribution in [0.25, 0.3) is 10.9 Å². The molecular formula is C19H30N2O4Si. The zero-order valence-electron chi connectivity index (χ0n) is 16.3. The van der Waals surface area contributed by atoms with Crippen LogP contribution in [0.3, 0.4) is 0 Å². The highest BCUT2D eigenvalue weighted by molar-refractivity contribution is 6.76. The molecule has 1 saturated heterocycles. The summed E-state index contributed by atoms with van der Waals surface area (Å²) in [5.41, 5.74) is 2.00. The summed E-state index contributed by atoms with van der Waals surface area (Å²) in [5, 5.41) is 5.60. The van der Waals surface area contributed by atoms with Crippen molar-refractivity contribution in [1.29, 1.82) is 0 Å². The third kappa shape index (κ3) is 4.85. The van der Waals surface area contributed by atoms with Gasteiger partial charge in [-0.3, -0.25) is 0 Å². The van der Waals surface area contributed by atoms with Gasteiger partial charge in [-0.25, -0.2) is 4.68 Å². The molecule has 0 saturated carbocycles. The number of nitrogens with zero attached hydrogens (tertiary/aromatic N) is 2. The quantitative estimate of drug-likeness (QED) is 0.484. The first-order valence-corrected chi connectivity index (χ1v) is 13.1. The maximum absolute atomic E-state index is 5.88. The van der Waals surface area contributed by atoms with Gasteiger partial charge in [0.05, 0.1) is 30.7 Å². The van der Waals surface area contributed by atoms with Gasteiger partial charge in [0, 0.05) is 20.2 Å². The monoisotopic (exact) mass is 378 g/mol. The average molecular weight is 379 g/mol. The van der Waals surface area contributed by atoms with E-state index in [1.54, 1.807) is 0 Å². The molecule has 7 heteroatoms. The lowest BCUT2D eigenvalue weighted by Gasteiger charge is -2.15. The van der Waals surface area contributed by atoms with Crippen molar-refractivity contribution in [1.82, 2.24) is 9.78 Å². The molecule has 1 fully saturated rings. The van der Waals surface area contributed by atoms with Crippen LogP contribution in [0.5, 0.6) is 5.88 Å². The van der Waals surface area contributed by atoms with Crippen molar-refractivity contribution in [2.45, 2.75) is 52.1 Å². The number of ether oxygens (including phenoxy) is 4. The second-order valence-electron chi connectivity index (χ2n) is 7.85. The molecule has 144 valence electrons. The number of hydrogen-bond donors (Lipinski definition) is 0. The Morgan fingerprint density at radius 2 is 1.96 bits per heavy atom. The summed E-state index contributed by atoms with van der Waals surface area (Å²) in [6.07, 6.45) is 0.644. The lowest BCUT2D eigenvalue weighted by atomic mass is 10.1. The van der Waals surface area contributed by atoms with Gasteiger partial charge in [-0.1, -0.05) is 32.6 Å². The Balaban J connectivity index is 1.79. The molecule has 3 rings (SSSR count). The molecule has 26 heavy (non-hydrogen) atoms. The molecule has 1 aromatic carbocycles. The molecule has 0 amide bonds. The van der Waals surface area contributed by atoms with E-state index in [1.807, 2.05) is 16.8 Å². The van der Waals surface area contributed by atoms with Crippen LogP contribution < -0.4 is 4.74 Å². The summed E-state index contributed by atoms with van der Waals surface area (Å²) in [5.74, 6) is 0.649. The first-order valence-electron chi connectivity index (χ1n) is 9.42. The van der Waals surface area contributed by atoms with Crippen molar-refractivity contribution >= 4 is 19.0 Å². The fourth-order valence-corrected chi connectivity index (χ4v) is 3.55. The van der Waals surface area contributed by atoms with E-state index in [1.165, 1.54) is 0 Å². The molecule has 2 aromatic rings. The van der Waals surface area contributed by atoms with Gasteiger partial charge in [0.1, 0.15) is 6.73 Å². The molecule has 6 nitrogen and oxygen atoms in total. The van der Waals surface area contributed by atoms with Crippen molar-refractivity contribution in [3.05, 3.63) is 23.8 Å². The first kappa shape index (κ1) is 19.4. The predicted molar refractivity (Wildman–Crippen MR) is 104 cm³/mol. The first-order chi connectivity index (χ1) is 12.5. The summed E-state index contributed by atoms with van der Waals surface area (Å²) in [7, 11) is -1.09. The SMILES string of the molecule is CCCOc1nn(COCC[Si](C)(C)C)c2ccc(C3OCCO3)cc12. The van der Waals surface area contributed by atoms with E-state index >= 15 is 0 Å². The maximum atomic E-state index is 5.88. The Morgan fingerprint density at radius 3 is 2.65 bits per heavy atom. The smallest absolute Gasteiger partial charge is 0.240 e. The van der Waals surface area contributed by atoms with E-state index < -0.39 is 8.07 Å². The van der Waals surface area contributed by atoms with Crippen LogP contribution in [0.15, 0.2) is 18.2 Å². The zero-order valence-corrected chi connectivity index (χ0v) is 17.3. The normalized spacial score (nSPS) is 15.8. The molecule has 1 aliphatic heterocycles. The molecule has 0 atom stereocenters. The number of rotatable bonds is 9. The van der Waals surface area contributed by atoms with Gasteiger partial charge >= 0.3 is 0 Å². The van der Waals surface area contributed by atoms with E-state index in [-0.39, 0.29) is 6.29 Å². The Hall–Kier alpha value is -1.41. The molecule has 0 spiro atoms. The highest BCUT2D eigenvalue weighted by atomic mass is 28.3. The van der Waals surface area contributed by atoms with Crippen LogP contribution in [0.2, 0.25) is 25.7 Å². The van der Waals surface area contributed by atoms with E-state index in [4.69, 9.17) is 18.9 Å². The minimum absolute atomic E-state index is 0.297. The zero-order chi connectivity index (χ0) is 18.6. The van der Waals surface area contributed by atoms with Gasteiger partial charge in [-0.15, -0.1) is 5.10 Å². The van der Waals surface area contributed by atoms with Crippen LogP contribution in [0.4, 0.5) is 0 Å². The Bertz CT molecular complexity index is 720. The summed E-state index contributed by atoms with van der Waals surface area (Å²) in [4.78, 5) is 0. The lowest BCUT2D eigenvalue weighted by molar-refractivity contribution is -0.0440. The van der Waals surface area contributed by atoms with E-state index in [9.17, 15) is 0 Å². The van der Waals surface area contributed by atoms with Crippen molar-refractivity contribution in [3.8, 4) is 5.88 Å². The molecule has 2 heterocycles. The highest BCUT2D eigenvalue weighted by Gasteiger charge is 2.21. The average Bonchev–Trinajstić information content (AvgIpc) is 3.24. The summed E-state index contributed by atoms with van der Waals surface area (Å²) < 4.78 is 24.9. The van der Waals surface area contributed by atoms with Crippen LogP contribution in [-0.4, -0.2) is 44.3 Å². The summed E-state index contributed by atoms with van der Waals surface area (Å²) in [6.45, 7) is 12.3. The van der Waals surface area contributed by atoms with E-state index in [0.29, 0.717) is 32.4 Å². The van der Waals surface area contributed by atoms with Crippen LogP contribution >= 0.6 is 0 Å². The van der Waals surface area contributed by atoms with Gasteiger partial charge in [-0.2, -0.15) is 0 Å². The van der Waals surface area contributed by atoms with Crippen molar-refractivity contribution in [2.75, 3.05) is 26.4 Å². The molecule has 0 aliphatic carbocycles. The molecule has 1 aromatic heterocycles. The summed E-state index contributed by atoms with van der Waals surface area (Å²) in [6, 6.07) is 7.28. The second kappa shape index (κ2) is 8.52. The van der Waals surface area contributed by atoms with Gasteiger partial charge in [0.15, 0.2) is 6.29 Å². The Morgan fingerprint density at radius 1 is 1.19 bits per heavy atom. The lowest BCUT2D eigenvalue weighted by Crippen LogP contribution is -2.22. The fraction of sp³-hybridized carbons (Fsp3) is 0.632.